The monoisotopic (exact) mass is 523 g/mol. The van der Waals surface area contributed by atoms with Gasteiger partial charge < -0.3 is 19.8 Å². The Morgan fingerprint density at radius 1 is 0.857 bits per heavy atom. The van der Waals surface area contributed by atoms with Crippen molar-refractivity contribution in [2.24, 2.45) is 0 Å². The number of carbonyl (C=O) groups is 1. The van der Waals surface area contributed by atoms with Crippen LogP contribution in [0.4, 0.5) is 0 Å². The van der Waals surface area contributed by atoms with Crippen LogP contribution in [0.2, 0.25) is 0 Å². The maximum Gasteiger partial charge on any atom is 0.472 e. The number of likely N-dealkylation sites (N-methyl/N-ethyl adjacent to an activating group) is 1. The summed E-state index contributed by atoms with van der Waals surface area (Å²) in [6.07, 6.45) is 14.5. The Hall–Kier alpha value is -0.500. The van der Waals surface area contributed by atoms with Crippen LogP contribution in [-0.2, 0) is 18.4 Å². The Labute approximate surface area is 215 Å². The summed E-state index contributed by atoms with van der Waals surface area (Å²) in [6.45, 7) is 4.72. The third-order valence-electron chi connectivity index (χ3n) is 6.11. The molecule has 3 N–H and O–H groups in total. The van der Waals surface area contributed by atoms with Crippen LogP contribution in [0.3, 0.4) is 0 Å². The van der Waals surface area contributed by atoms with Crippen LogP contribution in [0.25, 0.3) is 0 Å². The molecule has 0 radical (unpaired) electrons. The molecule has 210 valence electrons. The molecule has 0 heterocycles. The summed E-state index contributed by atoms with van der Waals surface area (Å²) in [5.74, 6) is -0.159. The fourth-order valence-corrected chi connectivity index (χ4v) is 4.48. The Morgan fingerprint density at radius 2 is 1.37 bits per heavy atom. The van der Waals surface area contributed by atoms with Crippen LogP contribution in [-0.4, -0.2) is 73.4 Å². The average Bonchev–Trinajstić information content (AvgIpc) is 2.77. The molecule has 0 aliphatic heterocycles. The second kappa shape index (κ2) is 20.5. The first kappa shape index (κ1) is 34.5. The minimum atomic E-state index is -4.27. The van der Waals surface area contributed by atoms with E-state index in [4.69, 9.17) is 9.05 Å². The molecule has 0 aromatic carbocycles. The number of quaternary nitrogens is 1. The number of hydrogen-bond donors (Lipinski definition) is 3. The number of carbonyl (C=O) groups excluding carboxylic acids is 1. The zero-order chi connectivity index (χ0) is 26.6. The quantitative estimate of drug-likeness (QED) is 0.0869. The summed E-state index contributed by atoms with van der Waals surface area (Å²) in [5, 5.41) is 13.5. The Bertz CT molecular complexity index is 571. The SMILES string of the molecule is CCCCCCCCCCC(=O)NC(COP(=O)(O)OCC[N+](C)(C)C)C(O)CCCCCCC. The molecule has 0 bridgehead atoms. The molecule has 9 heteroatoms. The summed E-state index contributed by atoms with van der Waals surface area (Å²) in [4.78, 5) is 22.5. The standard InChI is InChI=1S/C26H55N2O6P/c1-6-8-10-12-13-14-16-18-20-26(30)27-24(25(29)19-17-15-11-9-7-2)23-34-35(31,32)33-22-21-28(3,4)5/h24-25,29H,6-23H2,1-5H3,(H-,27,30,31,32)/p+1. The number of amides is 1. The molecule has 3 unspecified atom stereocenters. The number of phosphoric acid groups is 1. The van der Waals surface area contributed by atoms with Gasteiger partial charge in [-0.3, -0.25) is 13.8 Å². The highest BCUT2D eigenvalue weighted by molar-refractivity contribution is 7.47. The number of unbranched alkanes of at least 4 members (excludes halogenated alkanes) is 11. The van der Waals surface area contributed by atoms with Crippen LogP contribution in [0, 0.1) is 0 Å². The predicted octanol–water partition coefficient (Wildman–Crippen LogP) is 5.56. The van der Waals surface area contributed by atoms with Crippen molar-refractivity contribution in [3.05, 3.63) is 0 Å². The molecule has 35 heavy (non-hydrogen) atoms. The topological polar surface area (TPSA) is 105 Å². The van der Waals surface area contributed by atoms with Crippen molar-refractivity contribution in [3.8, 4) is 0 Å². The van der Waals surface area contributed by atoms with Gasteiger partial charge in [0.15, 0.2) is 0 Å². The Balaban J connectivity index is 4.59. The molecule has 0 aromatic rings. The lowest BCUT2D eigenvalue weighted by molar-refractivity contribution is -0.870. The van der Waals surface area contributed by atoms with E-state index in [2.05, 4.69) is 19.2 Å². The van der Waals surface area contributed by atoms with Crippen molar-refractivity contribution >= 4 is 13.7 Å². The third kappa shape index (κ3) is 22.4. The number of rotatable bonds is 24. The molecule has 1 amide bonds. The van der Waals surface area contributed by atoms with E-state index in [9.17, 15) is 19.4 Å². The highest BCUT2D eigenvalue weighted by atomic mass is 31.2. The molecule has 0 fully saturated rings. The molecule has 0 aliphatic rings. The van der Waals surface area contributed by atoms with Gasteiger partial charge in [-0.05, 0) is 12.8 Å². The molecule has 0 aliphatic carbocycles. The van der Waals surface area contributed by atoms with E-state index in [0.29, 0.717) is 23.9 Å². The largest absolute Gasteiger partial charge is 0.472 e. The zero-order valence-corrected chi connectivity index (χ0v) is 24.2. The maximum absolute atomic E-state index is 12.5. The Kier molecular flexibility index (Phi) is 20.3. The lowest BCUT2D eigenvalue weighted by Crippen LogP contribution is -2.46. The van der Waals surface area contributed by atoms with E-state index in [0.717, 1.165) is 51.4 Å². The van der Waals surface area contributed by atoms with Gasteiger partial charge in [0, 0.05) is 6.42 Å². The number of phosphoric ester groups is 1. The van der Waals surface area contributed by atoms with Gasteiger partial charge in [0.25, 0.3) is 0 Å². The van der Waals surface area contributed by atoms with Crippen molar-refractivity contribution in [1.82, 2.24) is 5.32 Å². The molecule has 0 rings (SSSR count). The normalized spacial score (nSPS) is 15.5. The summed E-state index contributed by atoms with van der Waals surface area (Å²) in [7, 11) is 1.61. The molecule has 0 saturated carbocycles. The second-order valence-electron chi connectivity index (χ2n) is 10.8. The van der Waals surface area contributed by atoms with Crippen LogP contribution >= 0.6 is 7.82 Å². The van der Waals surface area contributed by atoms with Crippen molar-refractivity contribution in [3.63, 3.8) is 0 Å². The highest BCUT2D eigenvalue weighted by Crippen LogP contribution is 2.43. The molecular formula is C26H56N2O6P+. The van der Waals surface area contributed by atoms with Gasteiger partial charge >= 0.3 is 7.82 Å². The van der Waals surface area contributed by atoms with Crippen LogP contribution in [0.15, 0.2) is 0 Å². The third-order valence-corrected chi connectivity index (χ3v) is 7.09. The van der Waals surface area contributed by atoms with E-state index in [1.165, 1.54) is 32.1 Å². The number of hydrogen-bond acceptors (Lipinski definition) is 5. The molecule has 0 aromatic heterocycles. The van der Waals surface area contributed by atoms with Gasteiger partial charge in [-0.2, -0.15) is 0 Å². The van der Waals surface area contributed by atoms with Crippen LogP contribution in [0.1, 0.15) is 110 Å². The molecule has 8 nitrogen and oxygen atoms in total. The summed E-state index contributed by atoms with van der Waals surface area (Å²) in [6, 6.07) is -0.745. The summed E-state index contributed by atoms with van der Waals surface area (Å²) >= 11 is 0. The van der Waals surface area contributed by atoms with Crippen molar-refractivity contribution in [1.29, 1.82) is 0 Å². The second-order valence-corrected chi connectivity index (χ2v) is 12.2. The van der Waals surface area contributed by atoms with E-state index >= 15 is 0 Å². The first-order valence-electron chi connectivity index (χ1n) is 13.9. The first-order chi connectivity index (χ1) is 16.5. The zero-order valence-electron chi connectivity index (χ0n) is 23.3. The average molecular weight is 524 g/mol. The minimum absolute atomic E-state index is 0.0761. The van der Waals surface area contributed by atoms with Crippen molar-refractivity contribution < 1.29 is 32.9 Å². The van der Waals surface area contributed by atoms with Gasteiger partial charge in [0.05, 0.1) is 39.9 Å². The number of nitrogens with zero attached hydrogens (tertiary/aromatic N) is 1. The molecule has 3 atom stereocenters. The number of nitrogens with one attached hydrogen (secondary N) is 1. The van der Waals surface area contributed by atoms with Crippen molar-refractivity contribution in [2.75, 3.05) is 40.9 Å². The van der Waals surface area contributed by atoms with Crippen molar-refractivity contribution in [2.45, 2.75) is 122 Å². The first-order valence-corrected chi connectivity index (χ1v) is 15.4. The maximum atomic E-state index is 12.5. The number of aliphatic hydroxyl groups excluding tert-OH is 1. The smallest absolute Gasteiger partial charge is 0.391 e. The van der Waals surface area contributed by atoms with Crippen LogP contribution < -0.4 is 5.32 Å². The van der Waals surface area contributed by atoms with E-state index < -0.39 is 20.0 Å². The lowest BCUT2D eigenvalue weighted by atomic mass is 10.0. The lowest BCUT2D eigenvalue weighted by Gasteiger charge is -2.26. The van der Waals surface area contributed by atoms with Gasteiger partial charge in [0.2, 0.25) is 5.91 Å². The molecular weight excluding hydrogens is 467 g/mol. The molecule has 0 saturated heterocycles. The predicted molar refractivity (Wildman–Crippen MR) is 143 cm³/mol. The van der Waals surface area contributed by atoms with Crippen LogP contribution in [0.5, 0.6) is 0 Å². The van der Waals surface area contributed by atoms with Gasteiger partial charge in [0.1, 0.15) is 13.2 Å². The summed E-state index contributed by atoms with van der Waals surface area (Å²) in [5.41, 5.74) is 0. The molecule has 0 spiro atoms. The van der Waals surface area contributed by atoms with E-state index in [-0.39, 0.29) is 19.1 Å². The van der Waals surface area contributed by atoms with E-state index in [1.807, 2.05) is 21.1 Å². The fourth-order valence-electron chi connectivity index (χ4n) is 3.75. The number of aliphatic hydroxyl groups is 1. The van der Waals surface area contributed by atoms with Gasteiger partial charge in [-0.25, -0.2) is 4.57 Å². The highest BCUT2D eigenvalue weighted by Gasteiger charge is 2.28. The van der Waals surface area contributed by atoms with E-state index in [1.54, 1.807) is 0 Å². The fraction of sp³-hybridized carbons (Fsp3) is 0.962. The Morgan fingerprint density at radius 3 is 1.91 bits per heavy atom. The summed E-state index contributed by atoms with van der Waals surface area (Å²) < 4.78 is 23.1. The van der Waals surface area contributed by atoms with Gasteiger partial charge in [-0.15, -0.1) is 0 Å². The minimum Gasteiger partial charge on any atom is -0.391 e. The van der Waals surface area contributed by atoms with Gasteiger partial charge in [-0.1, -0.05) is 90.9 Å².